The molecule has 0 N–H and O–H groups in total. The minimum Gasteiger partial charge on any atom is -0.462 e. The van der Waals surface area contributed by atoms with E-state index in [-0.39, 0.29) is 11.1 Å². The third-order valence-corrected chi connectivity index (χ3v) is 11.4. The Hall–Kier alpha value is 0.0800. The SMILES string of the molecule is CCCCCCCCCCCCOC(=O)c1c(Br)c(Br)c(Br)c(Br)c1C(=O)OCCCCCCCCCC. The normalized spacial score (nSPS) is 11.1. The molecular formula is C30H46Br4O4. The molecule has 0 saturated heterocycles. The Bertz CT molecular complexity index is 829. The number of unbranched alkanes of at least 4 members (excludes halogenated alkanes) is 16. The van der Waals surface area contributed by atoms with Gasteiger partial charge in [-0.2, -0.15) is 0 Å². The number of esters is 2. The standard InChI is InChI=1S/C30H46Br4O4/c1-3-5-7-9-11-13-14-16-18-20-22-38-30(36)24-23(25(31)27(33)28(34)26(24)32)29(35)37-21-19-17-15-12-10-8-6-4-2/h3-22H2,1-2H3. The van der Waals surface area contributed by atoms with Crippen molar-refractivity contribution in [1.29, 1.82) is 0 Å². The summed E-state index contributed by atoms with van der Waals surface area (Å²) in [5, 5.41) is 0. The molecular weight excluding hydrogens is 744 g/mol. The third-order valence-electron chi connectivity index (χ3n) is 6.64. The molecule has 0 radical (unpaired) electrons. The van der Waals surface area contributed by atoms with E-state index >= 15 is 0 Å². The molecule has 0 heterocycles. The summed E-state index contributed by atoms with van der Waals surface area (Å²) in [6.45, 7) is 5.13. The molecule has 0 atom stereocenters. The number of carbonyl (C=O) groups is 2. The fraction of sp³-hybridized carbons (Fsp3) is 0.733. The van der Waals surface area contributed by atoms with Crippen LogP contribution in [0.25, 0.3) is 0 Å². The van der Waals surface area contributed by atoms with Crippen LogP contribution in [-0.2, 0) is 9.47 Å². The van der Waals surface area contributed by atoms with Crippen LogP contribution in [0.4, 0.5) is 0 Å². The summed E-state index contributed by atoms with van der Waals surface area (Å²) < 4.78 is 13.4. The molecule has 0 unspecified atom stereocenters. The summed E-state index contributed by atoms with van der Waals surface area (Å²) in [7, 11) is 0. The van der Waals surface area contributed by atoms with Crippen LogP contribution in [0.3, 0.4) is 0 Å². The highest BCUT2D eigenvalue weighted by Gasteiger charge is 2.30. The molecule has 0 spiro atoms. The molecule has 0 aliphatic rings. The highest BCUT2D eigenvalue weighted by molar-refractivity contribution is 9.15. The van der Waals surface area contributed by atoms with Gasteiger partial charge in [-0.05, 0) is 76.6 Å². The van der Waals surface area contributed by atoms with E-state index in [4.69, 9.17) is 9.47 Å². The molecule has 0 fully saturated rings. The lowest BCUT2D eigenvalue weighted by Gasteiger charge is -2.16. The van der Waals surface area contributed by atoms with E-state index in [0.29, 0.717) is 31.1 Å². The maximum atomic E-state index is 13.1. The van der Waals surface area contributed by atoms with Crippen LogP contribution in [0.1, 0.15) is 150 Å². The number of hydrogen-bond acceptors (Lipinski definition) is 4. The molecule has 38 heavy (non-hydrogen) atoms. The maximum absolute atomic E-state index is 13.1. The van der Waals surface area contributed by atoms with E-state index in [1.54, 1.807) is 0 Å². The number of benzene rings is 1. The second-order valence-electron chi connectivity index (χ2n) is 9.93. The van der Waals surface area contributed by atoms with Crippen LogP contribution in [0.15, 0.2) is 17.9 Å². The molecule has 1 aromatic carbocycles. The Labute approximate surface area is 264 Å². The Morgan fingerprint density at radius 1 is 0.447 bits per heavy atom. The fourth-order valence-corrected chi connectivity index (χ4v) is 6.76. The predicted molar refractivity (Wildman–Crippen MR) is 172 cm³/mol. The van der Waals surface area contributed by atoms with Crippen LogP contribution < -0.4 is 0 Å². The highest BCUT2D eigenvalue weighted by Crippen LogP contribution is 2.42. The Kier molecular flexibility index (Phi) is 21.6. The summed E-state index contributed by atoms with van der Waals surface area (Å²) in [5.74, 6) is -1.06. The van der Waals surface area contributed by atoms with E-state index in [2.05, 4.69) is 77.6 Å². The zero-order valence-corrected chi connectivity index (χ0v) is 29.6. The minimum atomic E-state index is -0.528. The monoisotopic (exact) mass is 786 g/mol. The first kappa shape index (κ1) is 36.1. The minimum absolute atomic E-state index is 0.180. The number of halogens is 4. The average Bonchev–Trinajstić information content (AvgIpc) is 2.91. The smallest absolute Gasteiger partial charge is 0.340 e. The van der Waals surface area contributed by atoms with Crippen molar-refractivity contribution in [3.05, 3.63) is 29.0 Å². The molecule has 0 aromatic heterocycles. The molecule has 0 amide bonds. The molecule has 0 aliphatic heterocycles. The Morgan fingerprint density at radius 3 is 1.00 bits per heavy atom. The molecule has 8 heteroatoms. The first-order valence-corrected chi connectivity index (χ1v) is 17.7. The summed E-state index contributed by atoms with van der Waals surface area (Å²) in [4.78, 5) is 26.1. The number of rotatable bonds is 22. The third kappa shape index (κ3) is 14.1. The van der Waals surface area contributed by atoms with Gasteiger partial charge in [0.1, 0.15) is 0 Å². The van der Waals surface area contributed by atoms with Gasteiger partial charge in [0.2, 0.25) is 0 Å². The zero-order valence-electron chi connectivity index (χ0n) is 23.3. The lowest BCUT2D eigenvalue weighted by Crippen LogP contribution is -2.17. The number of ether oxygens (including phenoxy) is 2. The first-order valence-electron chi connectivity index (χ1n) is 14.6. The van der Waals surface area contributed by atoms with Crippen molar-refractivity contribution in [2.45, 2.75) is 129 Å². The Morgan fingerprint density at radius 2 is 0.711 bits per heavy atom. The van der Waals surface area contributed by atoms with Crippen molar-refractivity contribution in [2.24, 2.45) is 0 Å². The molecule has 0 aliphatic carbocycles. The van der Waals surface area contributed by atoms with Gasteiger partial charge in [-0.3, -0.25) is 0 Å². The van der Waals surface area contributed by atoms with E-state index in [1.165, 1.54) is 77.0 Å². The number of hydrogen-bond donors (Lipinski definition) is 0. The molecule has 218 valence electrons. The average molecular weight is 790 g/mol. The maximum Gasteiger partial charge on any atom is 0.340 e. The predicted octanol–water partition coefficient (Wildman–Crippen LogP) is 12.1. The lowest BCUT2D eigenvalue weighted by atomic mass is 10.1. The van der Waals surface area contributed by atoms with Gasteiger partial charge >= 0.3 is 11.9 Å². The second kappa shape index (κ2) is 22.7. The molecule has 1 rings (SSSR count). The van der Waals surface area contributed by atoms with Crippen molar-refractivity contribution < 1.29 is 19.1 Å². The van der Waals surface area contributed by atoms with Gasteiger partial charge in [0, 0.05) is 17.9 Å². The van der Waals surface area contributed by atoms with Crippen LogP contribution in [0.2, 0.25) is 0 Å². The quantitative estimate of drug-likeness (QED) is 0.0508. The molecule has 0 bridgehead atoms. The van der Waals surface area contributed by atoms with Crippen LogP contribution >= 0.6 is 63.7 Å². The zero-order chi connectivity index (χ0) is 28.2. The van der Waals surface area contributed by atoms with Gasteiger partial charge in [0.15, 0.2) is 0 Å². The van der Waals surface area contributed by atoms with E-state index < -0.39 is 11.9 Å². The van der Waals surface area contributed by atoms with E-state index in [0.717, 1.165) is 38.5 Å². The van der Waals surface area contributed by atoms with E-state index in [9.17, 15) is 9.59 Å². The fourth-order valence-electron chi connectivity index (χ4n) is 4.31. The van der Waals surface area contributed by atoms with Gasteiger partial charge in [0.25, 0.3) is 0 Å². The van der Waals surface area contributed by atoms with Crippen molar-refractivity contribution in [1.82, 2.24) is 0 Å². The van der Waals surface area contributed by atoms with E-state index in [1.807, 2.05) is 0 Å². The van der Waals surface area contributed by atoms with Crippen LogP contribution in [-0.4, -0.2) is 25.2 Å². The second-order valence-corrected chi connectivity index (χ2v) is 13.1. The first-order chi connectivity index (χ1) is 18.4. The van der Waals surface area contributed by atoms with Crippen molar-refractivity contribution in [3.63, 3.8) is 0 Å². The van der Waals surface area contributed by atoms with Crippen LogP contribution in [0, 0.1) is 0 Å². The number of carbonyl (C=O) groups excluding carboxylic acids is 2. The van der Waals surface area contributed by atoms with Gasteiger partial charge in [-0.1, -0.05) is 117 Å². The summed E-state index contributed by atoms with van der Waals surface area (Å²) >= 11 is 13.9. The molecule has 0 saturated carbocycles. The van der Waals surface area contributed by atoms with Crippen molar-refractivity contribution >= 4 is 75.7 Å². The Balaban J connectivity index is 2.55. The lowest BCUT2D eigenvalue weighted by molar-refractivity contribution is 0.0448. The van der Waals surface area contributed by atoms with Crippen LogP contribution in [0.5, 0.6) is 0 Å². The highest BCUT2D eigenvalue weighted by atomic mass is 79.9. The van der Waals surface area contributed by atoms with Gasteiger partial charge in [-0.15, -0.1) is 0 Å². The summed E-state index contributed by atoms with van der Waals surface area (Å²) in [6.07, 6.45) is 21.5. The molecule has 1 aromatic rings. The largest absolute Gasteiger partial charge is 0.462 e. The van der Waals surface area contributed by atoms with Gasteiger partial charge in [-0.25, -0.2) is 9.59 Å². The van der Waals surface area contributed by atoms with Crippen molar-refractivity contribution in [3.8, 4) is 0 Å². The molecule has 4 nitrogen and oxygen atoms in total. The summed E-state index contributed by atoms with van der Waals surface area (Å²) in [5.41, 5.74) is 0.361. The topological polar surface area (TPSA) is 52.6 Å². The van der Waals surface area contributed by atoms with Gasteiger partial charge in [0.05, 0.1) is 24.3 Å². The van der Waals surface area contributed by atoms with Gasteiger partial charge < -0.3 is 9.47 Å². The summed E-state index contributed by atoms with van der Waals surface area (Å²) in [6, 6.07) is 0. The van der Waals surface area contributed by atoms with Crippen molar-refractivity contribution in [2.75, 3.05) is 13.2 Å².